The molecule has 0 saturated heterocycles. The molecule has 0 amide bonds. The van der Waals surface area contributed by atoms with Crippen LogP contribution in [0.3, 0.4) is 0 Å². The average molecular weight is 291 g/mol. The minimum absolute atomic E-state index is 0.0377. The Morgan fingerprint density at radius 2 is 2.19 bits per heavy atom. The molecule has 1 rings (SSSR count). The van der Waals surface area contributed by atoms with Gasteiger partial charge in [0.15, 0.2) is 5.78 Å². The predicted molar refractivity (Wildman–Crippen MR) is 60.5 cm³/mol. The van der Waals surface area contributed by atoms with Crippen molar-refractivity contribution in [3.05, 3.63) is 34.3 Å². The molecule has 1 aromatic rings. The lowest BCUT2D eigenvalue weighted by Gasteiger charge is -2.08. The second kappa shape index (κ2) is 5.75. The molecule has 5 heteroatoms. The standard InChI is InChI=1S/C11H9BrF2O2/c1-7(15)2-3-8-6-9(12)4-5-10(8)16-11(13)14/h2-6,11H,1H3/b3-2+. The summed E-state index contributed by atoms with van der Waals surface area (Å²) in [6.07, 6.45) is 2.73. The van der Waals surface area contributed by atoms with Gasteiger partial charge in [-0.25, -0.2) is 0 Å². The summed E-state index contributed by atoms with van der Waals surface area (Å²) >= 11 is 3.21. The summed E-state index contributed by atoms with van der Waals surface area (Å²) in [7, 11) is 0. The fourth-order valence-corrected chi connectivity index (χ4v) is 1.44. The van der Waals surface area contributed by atoms with E-state index in [-0.39, 0.29) is 11.5 Å². The third-order valence-corrected chi connectivity index (χ3v) is 2.18. The molecule has 0 atom stereocenters. The molecule has 0 aliphatic heterocycles. The van der Waals surface area contributed by atoms with E-state index in [9.17, 15) is 13.6 Å². The largest absolute Gasteiger partial charge is 0.434 e. The number of ether oxygens (including phenoxy) is 1. The monoisotopic (exact) mass is 290 g/mol. The molecule has 0 fully saturated rings. The van der Waals surface area contributed by atoms with Gasteiger partial charge in [0.25, 0.3) is 0 Å². The number of ketones is 1. The number of alkyl halides is 2. The quantitative estimate of drug-likeness (QED) is 0.791. The second-order valence-electron chi connectivity index (χ2n) is 3.00. The summed E-state index contributed by atoms with van der Waals surface area (Å²) in [5.74, 6) is -0.126. The van der Waals surface area contributed by atoms with E-state index in [2.05, 4.69) is 20.7 Å². The van der Waals surface area contributed by atoms with E-state index >= 15 is 0 Å². The zero-order valence-corrected chi connectivity index (χ0v) is 10.0. The SMILES string of the molecule is CC(=O)/C=C/c1cc(Br)ccc1OC(F)F. The molecule has 0 unspecified atom stereocenters. The van der Waals surface area contributed by atoms with E-state index in [1.807, 2.05) is 0 Å². The van der Waals surface area contributed by atoms with Crippen molar-refractivity contribution in [2.45, 2.75) is 13.5 Å². The third-order valence-electron chi connectivity index (χ3n) is 1.69. The predicted octanol–water partition coefficient (Wildman–Crippen LogP) is 3.65. The van der Waals surface area contributed by atoms with Crippen molar-refractivity contribution >= 4 is 27.8 Å². The van der Waals surface area contributed by atoms with E-state index < -0.39 is 6.61 Å². The van der Waals surface area contributed by atoms with Gasteiger partial charge in [-0.15, -0.1) is 0 Å². The molecule has 1 aromatic carbocycles. The zero-order valence-electron chi connectivity index (χ0n) is 8.41. The second-order valence-corrected chi connectivity index (χ2v) is 3.92. The van der Waals surface area contributed by atoms with Crippen LogP contribution in [0.1, 0.15) is 12.5 Å². The highest BCUT2D eigenvalue weighted by Crippen LogP contribution is 2.25. The minimum atomic E-state index is -2.88. The van der Waals surface area contributed by atoms with E-state index in [1.165, 1.54) is 25.1 Å². The smallest absolute Gasteiger partial charge is 0.387 e. The molecule has 0 N–H and O–H groups in total. The van der Waals surface area contributed by atoms with Crippen LogP contribution in [0.15, 0.2) is 28.7 Å². The highest BCUT2D eigenvalue weighted by atomic mass is 79.9. The molecule has 2 nitrogen and oxygen atoms in total. The fraction of sp³-hybridized carbons (Fsp3) is 0.182. The van der Waals surface area contributed by atoms with Crippen molar-refractivity contribution in [1.82, 2.24) is 0 Å². The van der Waals surface area contributed by atoms with Crippen LogP contribution in [0.25, 0.3) is 6.08 Å². The number of halogens is 3. The third kappa shape index (κ3) is 4.10. The van der Waals surface area contributed by atoms with Crippen molar-refractivity contribution in [2.75, 3.05) is 0 Å². The Morgan fingerprint density at radius 1 is 1.50 bits per heavy atom. The maximum absolute atomic E-state index is 12.1. The van der Waals surface area contributed by atoms with Crippen molar-refractivity contribution in [2.24, 2.45) is 0 Å². The lowest BCUT2D eigenvalue weighted by molar-refractivity contribution is -0.112. The molecule has 0 aliphatic carbocycles. The van der Waals surface area contributed by atoms with Crippen LogP contribution in [0.2, 0.25) is 0 Å². The van der Waals surface area contributed by atoms with Crippen molar-refractivity contribution < 1.29 is 18.3 Å². The topological polar surface area (TPSA) is 26.3 Å². The number of allylic oxidation sites excluding steroid dienone is 1. The van der Waals surface area contributed by atoms with Gasteiger partial charge in [-0.05, 0) is 37.3 Å². The van der Waals surface area contributed by atoms with Gasteiger partial charge in [-0.1, -0.05) is 15.9 Å². The van der Waals surface area contributed by atoms with E-state index in [0.717, 1.165) is 4.47 Å². The maximum Gasteiger partial charge on any atom is 0.387 e. The Labute approximate surface area is 100 Å². The van der Waals surface area contributed by atoms with Gasteiger partial charge in [0, 0.05) is 10.0 Å². The first-order chi connectivity index (χ1) is 7.49. The van der Waals surface area contributed by atoms with Crippen molar-refractivity contribution in [3.63, 3.8) is 0 Å². The number of hydrogen-bond donors (Lipinski definition) is 0. The average Bonchev–Trinajstić information content (AvgIpc) is 2.17. The van der Waals surface area contributed by atoms with Gasteiger partial charge in [0.2, 0.25) is 0 Å². The van der Waals surface area contributed by atoms with Gasteiger partial charge in [-0.2, -0.15) is 8.78 Å². The van der Waals surface area contributed by atoms with Crippen LogP contribution in [-0.4, -0.2) is 12.4 Å². The number of carbonyl (C=O) groups excluding carboxylic acids is 1. The van der Waals surface area contributed by atoms with Crippen molar-refractivity contribution in [1.29, 1.82) is 0 Å². The number of carbonyl (C=O) groups is 1. The summed E-state index contributed by atoms with van der Waals surface area (Å²) in [6.45, 7) is -1.51. The summed E-state index contributed by atoms with van der Waals surface area (Å²) in [5.41, 5.74) is 0.421. The number of rotatable bonds is 4. The molecular weight excluding hydrogens is 282 g/mol. The Morgan fingerprint density at radius 3 is 2.75 bits per heavy atom. The molecule has 0 heterocycles. The van der Waals surface area contributed by atoms with E-state index in [0.29, 0.717) is 5.56 Å². The van der Waals surface area contributed by atoms with Crippen LogP contribution < -0.4 is 4.74 Å². The lowest BCUT2D eigenvalue weighted by Crippen LogP contribution is -2.03. The van der Waals surface area contributed by atoms with Gasteiger partial charge in [0.1, 0.15) is 5.75 Å². The molecular formula is C11H9BrF2O2. The first kappa shape index (κ1) is 12.8. The van der Waals surface area contributed by atoms with E-state index in [1.54, 1.807) is 12.1 Å². The minimum Gasteiger partial charge on any atom is -0.434 e. The zero-order chi connectivity index (χ0) is 12.1. The van der Waals surface area contributed by atoms with Gasteiger partial charge in [0.05, 0.1) is 0 Å². The van der Waals surface area contributed by atoms with Crippen molar-refractivity contribution in [3.8, 4) is 5.75 Å². The van der Waals surface area contributed by atoms with Crippen LogP contribution in [0.4, 0.5) is 8.78 Å². The highest BCUT2D eigenvalue weighted by Gasteiger charge is 2.08. The van der Waals surface area contributed by atoms with Crippen LogP contribution in [-0.2, 0) is 4.79 Å². The first-order valence-corrected chi connectivity index (χ1v) is 5.21. The normalized spacial score (nSPS) is 11.1. The summed E-state index contributed by atoms with van der Waals surface area (Å²) in [6, 6.07) is 4.59. The lowest BCUT2D eigenvalue weighted by atomic mass is 10.2. The van der Waals surface area contributed by atoms with E-state index in [4.69, 9.17) is 0 Å². The molecule has 0 aromatic heterocycles. The number of hydrogen-bond acceptors (Lipinski definition) is 2. The molecule has 0 radical (unpaired) electrons. The molecule has 0 spiro atoms. The fourth-order valence-electron chi connectivity index (χ4n) is 1.06. The Hall–Kier alpha value is -1.23. The van der Waals surface area contributed by atoms with Crippen LogP contribution in [0, 0.1) is 0 Å². The molecule has 86 valence electrons. The first-order valence-electron chi connectivity index (χ1n) is 4.42. The van der Waals surface area contributed by atoms with Gasteiger partial charge >= 0.3 is 6.61 Å². The highest BCUT2D eigenvalue weighted by molar-refractivity contribution is 9.10. The maximum atomic E-state index is 12.1. The molecule has 0 bridgehead atoms. The summed E-state index contributed by atoms with van der Waals surface area (Å²) in [5, 5.41) is 0. The van der Waals surface area contributed by atoms with Gasteiger partial charge < -0.3 is 4.74 Å². The Kier molecular flexibility index (Phi) is 4.61. The summed E-state index contributed by atoms with van der Waals surface area (Å²) in [4.78, 5) is 10.7. The molecule has 0 saturated carbocycles. The Bertz CT molecular complexity index is 416. The van der Waals surface area contributed by atoms with Gasteiger partial charge in [-0.3, -0.25) is 4.79 Å². The molecule has 16 heavy (non-hydrogen) atoms. The number of benzene rings is 1. The summed E-state index contributed by atoms with van der Waals surface area (Å²) < 4.78 is 29.2. The molecule has 0 aliphatic rings. The van der Waals surface area contributed by atoms with Crippen LogP contribution in [0.5, 0.6) is 5.75 Å². The van der Waals surface area contributed by atoms with Crippen LogP contribution >= 0.6 is 15.9 Å². The Balaban J connectivity index is 3.03.